The van der Waals surface area contributed by atoms with Gasteiger partial charge in [0.1, 0.15) is 0 Å². The van der Waals surface area contributed by atoms with E-state index in [0.29, 0.717) is 6.04 Å². The van der Waals surface area contributed by atoms with E-state index in [0.717, 1.165) is 13.1 Å². The molecule has 1 N–H and O–H groups in total. The lowest BCUT2D eigenvalue weighted by molar-refractivity contribution is -0.128. The van der Waals surface area contributed by atoms with Crippen LogP contribution < -0.4 is 5.32 Å². The summed E-state index contributed by atoms with van der Waals surface area (Å²) in [7, 11) is 0. The lowest BCUT2D eigenvalue weighted by Gasteiger charge is -2.25. The molecule has 88 valence electrons. The summed E-state index contributed by atoms with van der Waals surface area (Å²) in [5.74, 6) is 0.158. The van der Waals surface area contributed by atoms with Crippen LogP contribution in [0.2, 0.25) is 0 Å². The molecule has 0 spiro atoms. The molecule has 0 aromatic rings. The molecular weight excluding hydrogens is 188 g/mol. The Balaban J connectivity index is 2.34. The third-order valence-electron chi connectivity index (χ3n) is 3.08. The quantitative estimate of drug-likeness (QED) is 0.771. The number of amides is 1. The molecule has 1 aliphatic heterocycles. The molecule has 0 bridgehead atoms. The minimum atomic E-state index is -0.268. The number of nitrogens with one attached hydrogen (secondary N) is 1. The van der Waals surface area contributed by atoms with Crippen molar-refractivity contribution in [2.75, 3.05) is 19.6 Å². The minimum Gasteiger partial charge on any atom is -0.354 e. The van der Waals surface area contributed by atoms with Gasteiger partial charge < -0.3 is 5.32 Å². The summed E-state index contributed by atoms with van der Waals surface area (Å²) in [6, 6.07) is 0.557. The first kappa shape index (κ1) is 12.5. The maximum Gasteiger partial charge on any atom is 0.225 e. The number of carbonyl (C=O) groups is 1. The lowest BCUT2D eigenvalue weighted by Crippen LogP contribution is -2.43. The van der Waals surface area contributed by atoms with Gasteiger partial charge in [0.25, 0.3) is 0 Å². The fourth-order valence-electron chi connectivity index (χ4n) is 2.02. The molecule has 15 heavy (non-hydrogen) atoms. The number of likely N-dealkylation sites (tertiary alicyclic amines) is 1. The van der Waals surface area contributed by atoms with Crippen LogP contribution in [0.25, 0.3) is 0 Å². The Morgan fingerprint density at radius 3 is 2.67 bits per heavy atom. The molecule has 0 aromatic carbocycles. The van der Waals surface area contributed by atoms with Gasteiger partial charge in [-0.3, -0.25) is 9.69 Å². The highest BCUT2D eigenvalue weighted by molar-refractivity contribution is 5.81. The molecule has 1 atom stereocenters. The van der Waals surface area contributed by atoms with Gasteiger partial charge in [-0.05, 0) is 25.9 Å². The molecule has 0 aliphatic carbocycles. The standard InChI is InChI=1S/C12H24N2O/c1-5-14-8-6-7-10(14)9-13-11(15)12(2,3)4/h10H,5-9H2,1-4H3,(H,13,15)/t10-/m0/s1. The second kappa shape index (κ2) is 4.97. The van der Waals surface area contributed by atoms with E-state index in [9.17, 15) is 4.79 Å². The fourth-order valence-corrected chi connectivity index (χ4v) is 2.02. The van der Waals surface area contributed by atoms with Crippen LogP contribution >= 0.6 is 0 Å². The van der Waals surface area contributed by atoms with Crippen molar-refractivity contribution < 1.29 is 4.79 Å². The predicted octanol–water partition coefficient (Wildman–Crippen LogP) is 1.63. The zero-order valence-electron chi connectivity index (χ0n) is 10.5. The molecule has 0 unspecified atom stereocenters. The number of carbonyl (C=O) groups excluding carboxylic acids is 1. The molecule has 1 fully saturated rings. The lowest BCUT2D eigenvalue weighted by atomic mass is 9.95. The van der Waals surface area contributed by atoms with Crippen LogP contribution in [-0.4, -0.2) is 36.5 Å². The molecule has 1 rings (SSSR count). The highest BCUT2D eigenvalue weighted by atomic mass is 16.2. The van der Waals surface area contributed by atoms with Gasteiger partial charge >= 0.3 is 0 Å². The van der Waals surface area contributed by atoms with Crippen molar-refractivity contribution in [3.8, 4) is 0 Å². The van der Waals surface area contributed by atoms with Gasteiger partial charge in [-0.15, -0.1) is 0 Å². The second-order valence-electron chi connectivity index (χ2n) is 5.38. The summed E-state index contributed by atoms with van der Waals surface area (Å²) in [6.07, 6.45) is 2.49. The zero-order valence-corrected chi connectivity index (χ0v) is 10.5. The summed E-state index contributed by atoms with van der Waals surface area (Å²) in [6.45, 7) is 11.1. The summed E-state index contributed by atoms with van der Waals surface area (Å²) < 4.78 is 0. The van der Waals surface area contributed by atoms with Gasteiger partial charge in [-0.2, -0.15) is 0 Å². The summed E-state index contributed by atoms with van der Waals surface area (Å²) >= 11 is 0. The Kier molecular flexibility index (Phi) is 4.14. The first-order valence-electron chi connectivity index (χ1n) is 5.97. The maximum absolute atomic E-state index is 11.7. The summed E-state index contributed by atoms with van der Waals surface area (Å²) in [5.41, 5.74) is -0.268. The van der Waals surface area contributed by atoms with Crippen LogP contribution in [0.1, 0.15) is 40.5 Å². The van der Waals surface area contributed by atoms with Crippen molar-refractivity contribution >= 4 is 5.91 Å². The minimum absolute atomic E-state index is 0.158. The van der Waals surface area contributed by atoms with E-state index in [4.69, 9.17) is 0 Å². The van der Waals surface area contributed by atoms with Crippen molar-refractivity contribution in [2.45, 2.75) is 46.6 Å². The maximum atomic E-state index is 11.7. The van der Waals surface area contributed by atoms with Gasteiger partial charge in [-0.25, -0.2) is 0 Å². The number of likely N-dealkylation sites (N-methyl/N-ethyl adjacent to an activating group) is 1. The fraction of sp³-hybridized carbons (Fsp3) is 0.917. The average molecular weight is 212 g/mol. The van der Waals surface area contributed by atoms with Crippen LogP contribution in [0.15, 0.2) is 0 Å². The third kappa shape index (κ3) is 3.49. The van der Waals surface area contributed by atoms with Crippen LogP contribution in [0.4, 0.5) is 0 Å². The van der Waals surface area contributed by atoms with E-state index in [1.165, 1.54) is 19.4 Å². The Morgan fingerprint density at radius 1 is 1.47 bits per heavy atom. The van der Waals surface area contributed by atoms with E-state index >= 15 is 0 Å². The van der Waals surface area contributed by atoms with Crippen LogP contribution in [-0.2, 0) is 4.79 Å². The van der Waals surface area contributed by atoms with Crippen molar-refractivity contribution in [3.05, 3.63) is 0 Å². The topological polar surface area (TPSA) is 32.3 Å². The molecule has 3 nitrogen and oxygen atoms in total. The molecule has 1 heterocycles. The van der Waals surface area contributed by atoms with E-state index in [1.54, 1.807) is 0 Å². The first-order chi connectivity index (χ1) is 6.95. The van der Waals surface area contributed by atoms with Crippen molar-refractivity contribution in [2.24, 2.45) is 5.41 Å². The molecule has 0 radical (unpaired) electrons. The largest absolute Gasteiger partial charge is 0.354 e. The number of hydrogen-bond donors (Lipinski definition) is 1. The van der Waals surface area contributed by atoms with Crippen molar-refractivity contribution in [1.82, 2.24) is 10.2 Å². The highest BCUT2D eigenvalue weighted by Crippen LogP contribution is 2.17. The van der Waals surface area contributed by atoms with E-state index in [1.807, 2.05) is 20.8 Å². The van der Waals surface area contributed by atoms with Gasteiger partial charge in [-0.1, -0.05) is 27.7 Å². The third-order valence-corrected chi connectivity index (χ3v) is 3.08. The number of rotatable bonds is 3. The second-order valence-corrected chi connectivity index (χ2v) is 5.38. The predicted molar refractivity (Wildman–Crippen MR) is 62.7 cm³/mol. The molecular formula is C12H24N2O. The monoisotopic (exact) mass is 212 g/mol. The van der Waals surface area contributed by atoms with Crippen LogP contribution in [0.3, 0.4) is 0 Å². The van der Waals surface area contributed by atoms with Gasteiger partial charge in [0.05, 0.1) is 0 Å². The molecule has 3 heteroatoms. The molecule has 1 aliphatic rings. The van der Waals surface area contributed by atoms with E-state index in [2.05, 4.69) is 17.1 Å². The normalized spacial score (nSPS) is 23.1. The highest BCUT2D eigenvalue weighted by Gasteiger charge is 2.26. The summed E-state index contributed by atoms with van der Waals surface area (Å²) in [5, 5.41) is 3.05. The summed E-state index contributed by atoms with van der Waals surface area (Å²) in [4.78, 5) is 14.1. The number of nitrogens with zero attached hydrogens (tertiary/aromatic N) is 1. The SMILES string of the molecule is CCN1CCC[C@H]1CNC(=O)C(C)(C)C. The Bertz CT molecular complexity index is 220. The van der Waals surface area contributed by atoms with Crippen molar-refractivity contribution in [3.63, 3.8) is 0 Å². The molecule has 0 aromatic heterocycles. The van der Waals surface area contributed by atoms with Gasteiger partial charge in [0, 0.05) is 18.0 Å². The average Bonchev–Trinajstić information content (AvgIpc) is 2.59. The number of hydrogen-bond acceptors (Lipinski definition) is 2. The molecule has 1 saturated heterocycles. The molecule has 1 amide bonds. The van der Waals surface area contributed by atoms with Crippen LogP contribution in [0, 0.1) is 5.41 Å². The Labute approximate surface area is 93.2 Å². The van der Waals surface area contributed by atoms with E-state index < -0.39 is 0 Å². The van der Waals surface area contributed by atoms with Gasteiger partial charge in [0.2, 0.25) is 5.91 Å². The first-order valence-corrected chi connectivity index (χ1v) is 5.97. The molecule has 0 saturated carbocycles. The van der Waals surface area contributed by atoms with Crippen LogP contribution in [0.5, 0.6) is 0 Å². The van der Waals surface area contributed by atoms with Crippen molar-refractivity contribution in [1.29, 1.82) is 0 Å². The Morgan fingerprint density at radius 2 is 2.13 bits per heavy atom. The Hall–Kier alpha value is -0.570. The smallest absolute Gasteiger partial charge is 0.225 e. The zero-order chi connectivity index (χ0) is 11.5. The van der Waals surface area contributed by atoms with Gasteiger partial charge in [0.15, 0.2) is 0 Å². The van der Waals surface area contributed by atoms with E-state index in [-0.39, 0.29) is 11.3 Å².